The van der Waals surface area contributed by atoms with Gasteiger partial charge >= 0.3 is 0 Å². The highest BCUT2D eigenvalue weighted by Crippen LogP contribution is 2.22. The maximum Gasteiger partial charge on any atom is 0.252 e. The predicted molar refractivity (Wildman–Crippen MR) is 104 cm³/mol. The van der Waals surface area contributed by atoms with Crippen LogP contribution in [-0.4, -0.2) is 38.9 Å². The minimum Gasteiger partial charge on any atom is -0.352 e. The molecule has 0 spiro atoms. The van der Waals surface area contributed by atoms with Gasteiger partial charge in [0.15, 0.2) is 5.16 Å². The van der Waals surface area contributed by atoms with Crippen LogP contribution in [0, 0.1) is 0 Å². The third-order valence-corrected chi connectivity index (χ3v) is 4.73. The fourth-order valence-corrected chi connectivity index (χ4v) is 3.24. The van der Waals surface area contributed by atoms with Gasteiger partial charge in [-0.2, -0.15) is 0 Å². The first-order valence-corrected chi connectivity index (χ1v) is 9.68. The summed E-state index contributed by atoms with van der Waals surface area (Å²) in [5.74, 6) is -0.215. The van der Waals surface area contributed by atoms with Crippen molar-refractivity contribution in [1.29, 1.82) is 0 Å². The summed E-state index contributed by atoms with van der Waals surface area (Å²) in [4.78, 5) is 24.1. The van der Waals surface area contributed by atoms with Crippen molar-refractivity contribution in [1.82, 2.24) is 20.1 Å². The number of benzene rings is 1. The van der Waals surface area contributed by atoms with Crippen LogP contribution in [0.2, 0.25) is 5.02 Å². The number of amides is 2. The van der Waals surface area contributed by atoms with Crippen LogP contribution in [0.3, 0.4) is 0 Å². The number of hydrogen-bond acceptors (Lipinski definition) is 5. The second-order valence-electron chi connectivity index (χ2n) is 5.90. The number of rotatable bonds is 8. The van der Waals surface area contributed by atoms with Gasteiger partial charge in [0.05, 0.1) is 16.3 Å². The molecule has 2 rings (SSSR count). The summed E-state index contributed by atoms with van der Waals surface area (Å²) in [6, 6.07) is 5.06. The fraction of sp³-hybridized carbons (Fsp3) is 0.412. The Morgan fingerprint density at radius 2 is 2.12 bits per heavy atom. The number of anilines is 1. The molecule has 0 radical (unpaired) electrons. The zero-order valence-corrected chi connectivity index (χ0v) is 16.5. The molecule has 1 aromatic heterocycles. The van der Waals surface area contributed by atoms with Crippen molar-refractivity contribution in [3.63, 3.8) is 0 Å². The van der Waals surface area contributed by atoms with E-state index in [1.54, 1.807) is 24.5 Å². The van der Waals surface area contributed by atoms with Crippen LogP contribution in [0.5, 0.6) is 0 Å². The summed E-state index contributed by atoms with van der Waals surface area (Å²) in [5.41, 5.74) is 0.926. The van der Waals surface area contributed by atoms with Gasteiger partial charge in [0, 0.05) is 18.3 Å². The molecule has 7 nitrogen and oxygen atoms in total. The SMILES string of the molecule is CCCNC(=O)c1ccc(NC(=O)CSc2nncn2C(C)C)cc1Cl. The highest BCUT2D eigenvalue weighted by atomic mass is 35.5. The molecule has 0 aliphatic heterocycles. The van der Waals surface area contributed by atoms with Crippen molar-refractivity contribution < 1.29 is 9.59 Å². The lowest BCUT2D eigenvalue weighted by atomic mass is 10.2. The van der Waals surface area contributed by atoms with Gasteiger partial charge in [0.2, 0.25) is 5.91 Å². The Morgan fingerprint density at radius 1 is 1.35 bits per heavy atom. The van der Waals surface area contributed by atoms with Crippen molar-refractivity contribution in [2.24, 2.45) is 0 Å². The summed E-state index contributed by atoms with van der Waals surface area (Å²) >= 11 is 7.47. The Kier molecular flexibility index (Phi) is 7.47. The average molecular weight is 396 g/mol. The minimum absolute atomic E-state index is 0.187. The standard InChI is InChI=1S/C17H22ClN5O2S/c1-4-7-19-16(25)13-6-5-12(8-14(13)18)21-15(24)9-26-17-22-20-10-23(17)11(2)3/h5-6,8,10-11H,4,7,9H2,1-3H3,(H,19,25)(H,21,24). The van der Waals surface area contributed by atoms with Gasteiger partial charge in [-0.1, -0.05) is 30.3 Å². The quantitative estimate of drug-likeness (QED) is 0.669. The van der Waals surface area contributed by atoms with Gasteiger partial charge < -0.3 is 15.2 Å². The molecular weight excluding hydrogens is 374 g/mol. The van der Waals surface area contributed by atoms with Gasteiger partial charge in [-0.05, 0) is 38.5 Å². The fourth-order valence-electron chi connectivity index (χ4n) is 2.13. The number of halogens is 1. The number of nitrogens with one attached hydrogen (secondary N) is 2. The van der Waals surface area contributed by atoms with Crippen molar-refractivity contribution in [2.45, 2.75) is 38.4 Å². The van der Waals surface area contributed by atoms with Gasteiger partial charge in [0.1, 0.15) is 6.33 Å². The molecule has 0 bridgehead atoms. The van der Waals surface area contributed by atoms with E-state index in [0.29, 0.717) is 28.0 Å². The Labute approximate surface area is 161 Å². The molecule has 9 heteroatoms. The zero-order valence-electron chi connectivity index (χ0n) is 15.0. The third kappa shape index (κ3) is 5.47. The molecular formula is C17H22ClN5O2S. The van der Waals surface area contributed by atoms with E-state index in [9.17, 15) is 9.59 Å². The van der Waals surface area contributed by atoms with E-state index < -0.39 is 0 Å². The zero-order chi connectivity index (χ0) is 19.1. The first-order chi connectivity index (χ1) is 12.4. The molecule has 26 heavy (non-hydrogen) atoms. The lowest BCUT2D eigenvalue weighted by Gasteiger charge is -2.10. The van der Waals surface area contributed by atoms with Crippen LogP contribution in [0.25, 0.3) is 0 Å². The molecule has 0 aliphatic carbocycles. The first kappa shape index (κ1) is 20.3. The van der Waals surface area contributed by atoms with Gasteiger partial charge in [-0.25, -0.2) is 0 Å². The van der Waals surface area contributed by atoms with Crippen molar-refractivity contribution >= 4 is 40.9 Å². The third-order valence-electron chi connectivity index (χ3n) is 3.46. The van der Waals surface area contributed by atoms with E-state index in [4.69, 9.17) is 11.6 Å². The number of hydrogen-bond donors (Lipinski definition) is 2. The van der Waals surface area contributed by atoms with Crippen LogP contribution in [-0.2, 0) is 4.79 Å². The smallest absolute Gasteiger partial charge is 0.252 e. The number of aromatic nitrogens is 3. The number of thioether (sulfide) groups is 1. The summed E-state index contributed by atoms with van der Waals surface area (Å²) in [5, 5.41) is 14.4. The Balaban J connectivity index is 1.93. The van der Waals surface area contributed by atoms with E-state index >= 15 is 0 Å². The molecule has 2 aromatic rings. The normalized spacial score (nSPS) is 10.8. The van der Waals surface area contributed by atoms with E-state index in [-0.39, 0.29) is 23.6 Å². The highest BCUT2D eigenvalue weighted by molar-refractivity contribution is 7.99. The molecule has 1 aromatic carbocycles. The average Bonchev–Trinajstić information content (AvgIpc) is 3.07. The van der Waals surface area contributed by atoms with E-state index in [1.807, 2.05) is 25.3 Å². The van der Waals surface area contributed by atoms with Crippen LogP contribution >= 0.6 is 23.4 Å². The predicted octanol–water partition coefficient (Wildman–Crippen LogP) is 3.38. The molecule has 0 atom stereocenters. The summed E-state index contributed by atoms with van der Waals surface area (Å²) in [7, 11) is 0. The highest BCUT2D eigenvalue weighted by Gasteiger charge is 2.13. The van der Waals surface area contributed by atoms with Crippen LogP contribution in [0.1, 0.15) is 43.6 Å². The summed E-state index contributed by atoms with van der Waals surface area (Å²) in [6.45, 7) is 6.61. The lowest BCUT2D eigenvalue weighted by Crippen LogP contribution is -2.24. The van der Waals surface area contributed by atoms with E-state index in [1.165, 1.54) is 11.8 Å². The van der Waals surface area contributed by atoms with Gasteiger partial charge in [-0.3, -0.25) is 9.59 Å². The first-order valence-electron chi connectivity index (χ1n) is 8.32. The van der Waals surface area contributed by atoms with Gasteiger partial charge in [-0.15, -0.1) is 10.2 Å². The Bertz CT molecular complexity index is 778. The molecule has 2 N–H and O–H groups in total. The Morgan fingerprint density at radius 3 is 2.77 bits per heavy atom. The van der Waals surface area contributed by atoms with E-state index in [2.05, 4.69) is 20.8 Å². The van der Waals surface area contributed by atoms with Crippen molar-refractivity contribution in [3.05, 3.63) is 35.1 Å². The maximum absolute atomic E-state index is 12.1. The number of carbonyl (C=O) groups is 2. The molecule has 2 amide bonds. The van der Waals surface area contributed by atoms with Crippen LogP contribution in [0.15, 0.2) is 29.7 Å². The van der Waals surface area contributed by atoms with Crippen molar-refractivity contribution in [2.75, 3.05) is 17.6 Å². The second kappa shape index (κ2) is 9.59. The van der Waals surface area contributed by atoms with Gasteiger partial charge in [0.25, 0.3) is 5.91 Å². The molecule has 1 heterocycles. The number of carbonyl (C=O) groups excluding carboxylic acids is 2. The largest absolute Gasteiger partial charge is 0.352 e. The molecule has 0 unspecified atom stereocenters. The lowest BCUT2D eigenvalue weighted by molar-refractivity contribution is -0.113. The van der Waals surface area contributed by atoms with E-state index in [0.717, 1.165) is 6.42 Å². The molecule has 0 saturated heterocycles. The molecule has 140 valence electrons. The molecule has 0 fully saturated rings. The minimum atomic E-state index is -0.224. The van der Waals surface area contributed by atoms with Crippen LogP contribution < -0.4 is 10.6 Å². The Hall–Kier alpha value is -2.06. The topological polar surface area (TPSA) is 88.9 Å². The summed E-state index contributed by atoms with van der Waals surface area (Å²) < 4.78 is 1.90. The monoisotopic (exact) mass is 395 g/mol. The number of nitrogens with zero attached hydrogens (tertiary/aromatic N) is 3. The maximum atomic E-state index is 12.1. The molecule has 0 saturated carbocycles. The molecule has 0 aliphatic rings. The van der Waals surface area contributed by atoms with Crippen molar-refractivity contribution in [3.8, 4) is 0 Å². The summed E-state index contributed by atoms with van der Waals surface area (Å²) in [6.07, 6.45) is 2.49. The van der Waals surface area contributed by atoms with Crippen LogP contribution in [0.4, 0.5) is 5.69 Å². The second-order valence-corrected chi connectivity index (χ2v) is 7.25.